The molecule has 1 amide bonds. The third-order valence-corrected chi connectivity index (χ3v) is 3.28. The van der Waals surface area contributed by atoms with Crippen LogP contribution in [0, 0.1) is 11.3 Å². The second kappa shape index (κ2) is 9.40. The van der Waals surface area contributed by atoms with Crippen molar-refractivity contribution in [2.45, 2.75) is 51.0 Å². The van der Waals surface area contributed by atoms with E-state index in [2.05, 4.69) is 10.6 Å². The third kappa shape index (κ3) is 6.25. The van der Waals surface area contributed by atoms with E-state index >= 15 is 0 Å². The van der Waals surface area contributed by atoms with E-state index in [1.54, 1.807) is 0 Å². The van der Waals surface area contributed by atoms with Gasteiger partial charge in [0, 0.05) is 25.4 Å². The van der Waals surface area contributed by atoms with Crippen molar-refractivity contribution in [3.05, 3.63) is 11.8 Å². The number of hydrogen-bond donors (Lipinski definition) is 3. The number of unbranched alkanes of at least 4 members (excludes halogenated alkanes) is 2. The Bertz CT molecular complexity index is 341. The zero-order valence-corrected chi connectivity index (χ0v) is 11.3. The first-order valence-electron chi connectivity index (χ1n) is 7.03. The highest BCUT2D eigenvalue weighted by atomic mass is 16.2. The van der Waals surface area contributed by atoms with Crippen LogP contribution in [0.1, 0.15) is 44.9 Å². The minimum absolute atomic E-state index is 0.133. The average molecular weight is 265 g/mol. The molecule has 0 aromatic rings. The van der Waals surface area contributed by atoms with Crippen LogP contribution in [0.15, 0.2) is 11.8 Å². The molecule has 0 atom stereocenters. The van der Waals surface area contributed by atoms with Crippen LogP contribution in [-0.2, 0) is 4.79 Å². The molecule has 1 fully saturated rings. The zero-order valence-electron chi connectivity index (χ0n) is 11.3. The Morgan fingerprint density at radius 3 is 2.68 bits per heavy atom. The lowest BCUT2D eigenvalue weighted by atomic mass is 10.2. The molecule has 1 aliphatic rings. The van der Waals surface area contributed by atoms with Gasteiger partial charge >= 0.3 is 0 Å². The van der Waals surface area contributed by atoms with E-state index in [0.717, 1.165) is 44.9 Å². The summed E-state index contributed by atoms with van der Waals surface area (Å²) in [6.07, 6.45) is 8.47. The molecule has 1 rings (SSSR count). The first-order chi connectivity index (χ1) is 9.27. The molecule has 19 heavy (non-hydrogen) atoms. The number of carbonyl (C=O) groups is 1. The van der Waals surface area contributed by atoms with Crippen molar-refractivity contribution in [1.29, 1.82) is 5.26 Å². The largest absolute Gasteiger partial charge is 0.396 e. The standard InChI is InChI=1S/C14H23N3O2/c15-10-12(11-16-8-4-1-5-9-18)14(19)17-13-6-2-3-7-13/h11,13,16,18H,1-9H2,(H,17,19)/b12-11-. The maximum Gasteiger partial charge on any atom is 0.263 e. The van der Waals surface area contributed by atoms with Gasteiger partial charge in [-0.25, -0.2) is 0 Å². The van der Waals surface area contributed by atoms with Crippen molar-refractivity contribution >= 4 is 5.91 Å². The highest BCUT2D eigenvalue weighted by molar-refractivity contribution is 5.97. The summed E-state index contributed by atoms with van der Waals surface area (Å²) in [7, 11) is 0. The lowest BCUT2D eigenvalue weighted by Crippen LogP contribution is -2.33. The zero-order chi connectivity index (χ0) is 13.9. The fourth-order valence-corrected chi connectivity index (χ4v) is 2.17. The first-order valence-corrected chi connectivity index (χ1v) is 7.03. The molecule has 0 aromatic carbocycles. The molecule has 5 nitrogen and oxygen atoms in total. The fourth-order valence-electron chi connectivity index (χ4n) is 2.17. The number of aliphatic hydroxyl groups excluding tert-OH is 1. The second-order valence-corrected chi connectivity index (χ2v) is 4.86. The minimum Gasteiger partial charge on any atom is -0.396 e. The van der Waals surface area contributed by atoms with Crippen LogP contribution in [0.2, 0.25) is 0 Å². The van der Waals surface area contributed by atoms with E-state index in [9.17, 15) is 4.79 Å². The molecule has 0 saturated heterocycles. The Kier molecular flexibility index (Phi) is 7.68. The summed E-state index contributed by atoms with van der Waals surface area (Å²) in [4.78, 5) is 11.8. The Labute approximate surface area is 114 Å². The number of aliphatic hydroxyl groups is 1. The van der Waals surface area contributed by atoms with E-state index in [4.69, 9.17) is 10.4 Å². The Morgan fingerprint density at radius 1 is 1.32 bits per heavy atom. The second-order valence-electron chi connectivity index (χ2n) is 4.86. The van der Waals surface area contributed by atoms with Crippen LogP contribution in [0.25, 0.3) is 0 Å². The molecule has 0 radical (unpaired) electrons. The molecular weight excluding hydrogens is 242 g/mol. The predicted octanol–water partition coefficient (Wildman–Crippen LogP) is 1.20. The molecular formula is C14H23N3O2. The molecule has 0 aliphatic heterocycles. The molecule has 1 saturated carbocycles. The highest BCUT2D eigenvalue weighted by Crippen LogP contribution is 2.17. The lowest BCUT2D eigenvalue weighted by molar-refractivity contribution is -0.117. The van der Waals surface area contributed by atoms with Crippen molar-refractivity contribution in [3.8, 4) is 6.07 Å². The maximum atomic E-state index is 11.8. The minimum atomic E-state index is -0.280. The van der Waals surface area contributed by atoms with Crippen LogP contribution in [-0.4, -0.2) is 30.2 Å². The van der Waals surface area contributed by atoms with Gasteiger partial charge in [0.2, 0.25) is 0 Å². The van der Waals surface area contributed by atoms with Gasteiger partial charge in [-0.3, -0.25) is 4.79 Å². The molecule has 1 aliphatic carbocycles. The molecule has 0 spiro atoms. The highest BCUT2D eigenvalue weighted by Gasteiger charge is 2.18. The van der Waals surface area contributed by atoms with E-state index < -0.39 is 0 Å². The molecule has 0 aromatic heterocycles. The molecule has 106 valence electrons. The number of amides is 1. The fraction of sp³-hybridized carbons (Fsp3) is 0.714. The molecule has 0 unspecified atom stereocenters. The van der Waals surface area contributed by atoms with Crippen molar-refractivity contribution in [3.63, 3.8) is 0 Å². The molecule has 0 heterocycles. The molecule has 5 heteroatoms. The van der Waals surface area contributed by atoms with Crippen LogP contribution >= 0.6 is 0 Å². The van der Waals surface area contributed by atoms with Gasteiger partial charge in [0.15, 0.2) is 0 Å². The van der Waals surface area contributed by atoms with E-state index in [-0.39, 0.29) is 24.1 Å². The topological polar surface area (TPSA) is 85.2 Å². The summed E-state index contributed by atoms with van der Waals surface area (Å²) in [5.41, 5.74) is 0.133. The van der Waals surface area contributed by atoms with Crippen LogP contribution in [0.5, 0.6) is 0 Å². The first kappa shape index (κ1) is 15.5. The van der Waals surface area contributed by atoms with Gasteiger partial charge in [0.1, 0.15) is 11.6 Å². The summed E-state index contributed by atoms with van der Waals surface area (Å²) in [6, 6.07) is 2.15. The number of nitrogens with zero attached hydrogens (tertiary/aromatic N) is 1. The SMILES string of the molecule is N#C/C(=C/NCCCCCO)C(=O)NC1CCCC1. The van der Waals surface area contributed by atoms with Gasteiger partial charge in [0.25, 0.3) is 5.91 Å². The monoisotopic (exact) mass is 265 g/mol. The van der Waals surface area contributed by atoms with Crippen LogP contribution in [0.3, 0.4) is 0 Å². The predicted molar refractivity (Wildman–Crippen MR) is 73.0 cm³/mol. The summed E-state index contributed by atoms with van der Waals surface area (Å²) in [5.74, 6) is -0.280. The van der Waals surface area contributed by atoms with E-state index in [1.165, 1.54) is 6.20 Å². The van der Waals surface area contributed by atoms with Crippen molar-refractivity contribution in [1.82, 2.24) is 10.6 Å². The quantitative estimate of drug-likeness (QED) is 0.350. The summed E-state index contributed by atoms with van der Waals surface area (Å²) in [5, 5.41) is 23.5. The summed E-state index contributed by atoms with van der Waals surface area (Å²) < 4.78 is 0. The van der Waals surface area contributed by atoms with E-state index in [0.29, 0.717) is 6.54 Å². The van der Waals surface area contributed by atoms with Gasteiger partial charge in [-0.15, -0.1) is 0 Å². The van der Waals surface area contributed by atoms with Crippen molar-refractivity contribution < 1.29 is 9.90 Å². The Hall–Kier alpha value is -1.54. The molecule has 0 bridgehead atoms. The number of hydrogen-bond acceptors (Lipinski definition) is 4. The van der Waals surface area contributed by atoms with Gasteiger partial charge in [0.05, 0.1) is 0 Å². The Balaban J connectivity index is 2.26. The number of nitrogens with one attached hydrogen (secondary N) is 2. The molecule has 3 N–H and O–H groups in total. The number of carbonyl (C=O) groups excluding carboxylic acids is 1. The van der Waals surface area contributed by atoms with Crippen molar-refractivity contribution in [2.24, 2.45) is 0 Å². The average Bonchev–Trinajstić information content (AvgIpc) is 2.90. The maximum absolute atomic E-state index is 11.8. The van der Waals surface area contributed by atoms with Crippen LogP contribution < -0.4 is 10.6 Å². The summed E-state index contributed by atoms with van der Waals surface area (Å²) >= 11 is 0. The van der Waals surface area contributed by atoms with E-state index in [1.807, 2.05) is 6.07 Å². The summed E-state index contributed by atoms with van der Waals surface area (Å²) in [6.45, 7) is 0.922. The van der Waals surface area contributed by atoms with Gasteiger partial charge in [-0.05, 0) is 32.1 Å². The number of nitriles is 1. The lowest BCUT2D eigenvalue weighted by Gasteiger charge is -2.11. The van der Waals surface area contributed by atoms with Gasteiger partial charge in [-0.1, -0.05) is 12.8 Å². The normalized spacial score (nSPS) is 16.1. The Morgan fingerprint density at radius 2 is 2.05 bits per heavy atom. The number of rotatable bonds is 8. The van der Waals surface area contributed by atoms with Gasteiger partial charge in [-0.2, -0.15) is 5.26 Å². The van der Waals surface area contributed by atoms with Crippen LogP contribution in [0.4, 0.5) is 0 Å². The van der Waals surface area contributed by atoms with Crippen molar-refractivity contribution in [2.75, 3.05) is 13.2 Å². The van der Waals surface area contributed by atoms with Gasteiger partial charge < -0.3 is 15.7 Å². The smallest absolute Gasteiger partial charge is 0.263 e. The third-order valence-electron chi connectivity index (χ3n) is 3.28.